The lowest BCUT2D eigenvalue weighted by Crippen LogP contribution is -2.43. The number of hydrogen-bond donors (Lipinski definition) is 2. The summed E-state index contributed by atoms with van der Waals surface area (Å²) in [5, 5.41) is 9.98. The van der Waals surface area contributed by atoms with Crippen molar-refractivity contribution in [2.75, 3.05) is 6.61 Å². The standard InChI is InChI=1S/C19H31NO5S/c1-12(2)17(11-25-19(22)15(6)18(21)13(3)4)20-26(23,24)16-9-7-14(5)8-10-16/h7-10,12-13,15,17-18,20-21H,11H2,1-6H3/t15-,17+,18+/m0/s1. The second-order valence-corrected chi connectivity index (χ2v) is 9.15. The lowest BCUT2D eigenvalue weighted by Gasteiger charge is -2.25. The second-order valence-electron chi connectivity index (χ2n) is 7.44. The van der Waals surface area contributed by atoms with Gasteiger partial charge in [0.2, 0.25) is 10.0 Å². The van der Waals surface area contributed by atoms with E-state index in [-0.39, 0.29) is 23.3 Å². The van der Waals surface area contributed by atoms with Crippen molar-refractivity contribution in [1.29, 1.82) is 0 Å². The molecule has 0 aromatic heterocycles. The van der Waals surface area contributed by atoms with Gasteiger partial charge in [-0.1, -0.05) is 45.4 Å². The largest absolute Gasteiger partial charge is 0.464 e. The van der Waals surface area contributed by atoms with E-state index < -0.39 is 34.1 Å². The summed E-state index contributed by atoms with van der Waals surface area (Å²) in [6, 6.07) is 5.99. The molecular weight excluding hydrogens is 354 g/mol. The summed E-state index contributed by atoms with van der Waals surface area (Å²) < 4.78 is 33.0. The van der Waals surface area contributed by atoms with Crippen molar-refractivity contribution in [3.63, 3.8) is 0 Å². The summed E-state index contributed by atoms with van der Waals surface area (Å²) in [6.45, 7) is 10.7. The van der Waals surface area contributed by atoms with Gasteiger partial charge in [-0.05, 0) is 37.8 Å². The number of ether oxygens (including phenoxy) is 1. The lowest BCUT2D eigenvalue weighted by molar-refractivity contribution is -0.153. The van der Waals surface area contributed by atoms with Crippen molar-refractivity contribution in [3.05, 3.63) is 29.8 Å². The van der Waals surface area contributed by atoms with E-state index in [0.717, 1.165) is 5.56 Å². The van der Waals surface area contributed by atoms with Gasteiger partial charge in [0.15, 0.2) is 0 Å². The van der Waals surface area contributed by atoms with Crippen LogP contribution in [0.2, 0.25) is 0 Å². The van der Waals surface area contributed by atoms with E-state index in [2.05, 4.69) is 4.72 Å². The molecule has 3 atom stereocenters. The summed E-state index contributed by atoms with van der Waals surface area (Å²) in [5.41, 5.74) is 0.969. The molecule has 0 saturated carbocycles. The number of rotatable bonds is 9. The van der Waals surface area contributed by atoms with E-state index in [1.54, 1.807) is 31.2 Å². The SMILES string of the molecule is Cc1ccc(S(=O)(=O)N[C@H](COC(=O)[C@@H](C)[C@H](O)C(C)C)C(C)C)cc1. The Morgan fingerprint density at radius 2 is 1.62 bits per heavy atom. The van der Waals surface area contributed by atoms with Crippen molar-refractivity contribution in [1.82, 2.24) is 4.72 Å². The Labute approximate surface area is 157 Å². The Kier molecular flexibility index (Phi) is 8.24. The Morgan fingerprint density at radius 3 is 2.08 bits per heavy atom. The van der Waals surface area contributed by atoms with Crippen LogP contribution in [0.4, 0.5) is 0 Å². The third-order valence-corrected chi connectivity index (χ3v) is 5.92. The fourth-order valence-electron chi connectivity index (χ4n) is 2.37. The molecule has 0 aliphatic heterocycles. The highest BCUT2D eigenvalue weighted by atomic mass is 32.2. The molecular formula is C19H31NO5S. The normalized spacial score (nSPS) is 15.7. The van der Waals surface area contributed by atoms with E-state index in [4.69, 9.17) is 4.74 Å². The highest BCUT2D eigenvalue weighted by Gasteiger charge is 2.28. The zero-order valence-electron chi connectivity index (χ0n) is 16.4. The average Bonchev–Trinajstić information content (AvgIpc) is 2.56. The molecule has 2 N–H and O–H groups in total. The predicted octanol–water partition coefficient (Wildman–Crippen LogP) is 2.49. The van der Waals surface area contributed by atoms with Crippen LogP contribution in [0.25, 0.3) is 0 Å². The number of aliphatic hydroxyl groups excluding tert-OH is 1. The van der Waals surface area contributed by atoms with E-state index in [1.807, 2.05) is 34.6 Å². The smallest absolute Gasteiger partial charge is 0.311 e. The first-order chi connectivity index (χ1) is 12.0. The van der Waals surface area contributed by atoms with Gasteiger partial charge in [0.1, 0.15) is 6.61 Å². The highest BCUT2D eigenvalue weighted by molar-refractivity contribution is 7.89. The van der Waals surface area contributed by atoms with Crippen LogP contribution in [0.15, 0.2) is 29.2 Å². The van der Waals surface area contributed by atoms with Gasteiger partial charge >= 0.3 is 5.97 Å². The molecule has 7 heteroatoms. The highest BCUT2D eigenvalue weighted by Crippen LogP contribution is 2.16. The van der Waals surface area contributed by atoms with Crippen molar-refractivity contribution in [3.8, 4) is 0 Å². The molecule has 148 valence electrons. The average molecular weight is 386 g/mol. The van der Waals surface area contributed by atoms with E-state index >= 15 is 0 Å². The maximum absolute atomic E-state index is 12.5. The Balaban J connectivity index is 2.78. The van der Waals surface area contributed by atoms with Crippen LogP contribution in [-0.2, 0) is 19.6 Å². The van der Waals surface area contributed by atoms with Crippen LogP contribution in [-0.4, -0.2) is 38.2 Å². The fourth-order valence-corrected chi connectivity index (χ4v) is 3.74. The molecule has 0 aliphatic carbocycles. The van der Waals surface area contributed by atoms with Crippen LogP contribution >= 0.6 is 0 Å². The summed E-state index contributed by atoms with van der Waals surface area (Å²) in [5.74, 6) is -1.35. The van der Waals surface area contributed by atoms with E-state index in [9.17, 15) is 18.3 Å². The van der Waals surface area contributed by atoms with Crippen LogP contribution in [0.3, 0.4) is 0 Å². The minimum absolute atomic E-state index is 0.0708. The van der Waals surface area contributed by atoms with Gasteiger partial charge in [0.05, 0.1) is 23.0 Å². The zero-order chi connectivity index (χ0) is 20.1. The van der Waals surface area contributed by atoms with Crippen LogP contribution in [0.5, 0.6) is 0 Å². The van der Waals surface area contributed by atoms with Crippen LogP contribution < -0.4 is 4.72 Å². The van der Waals surface area contributed by atoms with Gasteiger partial charge in [0, 0.05) is 0 Å². The summed E-state index contributed by atoms with van der Waals surface area (Å²) in [7, 11) is -3.71. The number of hydrogen-bond acceptors (Lipinski definition) is 5. The first-order valence-electron chi connectivity index (χ1n) is 8.89. The minimum atomic E-state index is -3.71. The molecule has 26 heavy (non-hydrogen) atoms. The molecule has 0 aliphatic rings. The number of nitrogens with one attached hydrogen (secondary N) is 1. The minimum Gasteiger partial charge on any atom is -0.464 e. The molecule has 0 saturated heterocycles. The van der Waals surface area contributed by atoms with Crippen LogP contribution in [0, 0.1) is 24.7 Å². The molecule has 6 nitrogen and oxygen atoms in total. The number of benzene rings is 1. The summed E-state index contributed by atoms with van der Waals surface area (Å²) in [6.07, 6.45) is -0.802. The number of aryl methyl sites for hydroxylation is 1. The summed E-state index contributed by atoms with van der Waals surface area (Å²) in [4.78, 5) is 12.3. The molecule has 0 amide bonds. The van der Waals surface area contributed by atoms with Crippen molar-refractivity contribution >= 4 is 16.0 Å². The maximum Gasteiger partial charge on any atom is 0.311 e. The number of sulfonamides is 1. The second kappa shape index (κ2) is 9.48. The quantitative estimate of drug-likeness (QED) is 0.637. The van der Waals surface area contributed by atoms with Gasteiger partial charge in [-0.25, -0.2) is 13.1 Å². The van der Waals surface area contributed by atoms with E-state index in [1.165, 1.54) is 0 Å². The van der Waals surface area contributed by atoms with Gasteiger partial charge in [-0.2, -0.15) is 0 Å². The fraction of sp³-hybridized carbons (Fsp3) is 0.632. The number of aliphatic hydroxyl groups is 1. The van der Waals surface area contributed by atoms with Gasteiger partial charge in [-0.3, -0.25) is 4.79 Å². The Morgan fingerprint density at radius 1 is 1.08 bits per heavy atom. The summed E-state index contributed by atoms with van der Waals surface area (Å²) >= 11 is 0. The first kappa shape index (κ1) is 22.6. The van der Waals surface area contributed by atoms with Gasteiger partial charge in [-0.15, -0.1) is 0 Å². The zero-order valence-corrected chi connectivity index (χ0v) is 17.2. The third kappa shape index (κ3) is 6.37. The van der Waals surface area contributed by atoms with Crippen molar-refractivity contribution in [2.45, 2.75) is 58.6 Å². The molecule has 0 fully saturated rings. The molecule has 0 spiro atoms. The monoisotopic (exact) mass is 385 g/mol. The molecule has 0 radical (unpaired) electrons. The molecule has 1 aromatic carbocycles. The van der Waals surface area contributed by atoms with Gasteiger partial charge in [0.25, 0.3) is 0 Å². The third-order valence-electron chi connectivity index (χ3n) is 4.41. The maximum atomic E-state index is 12.5. The first-order valence-corrected chi connectivity index (χ1v) is 10.4. The molecule has 0 unspecified atom stereocenters. The molecule has 1 aromatic rings. The van der Waals surface area contributed by atoms with Crippen molar-refractivity contribution < 1.29 is 23.1 Å². The van der Waals surface area contributed by atoms with Crippen LogP contribution in [0.1, 0.15) is 40.2 Å². The van der Waals surface area contributed by atoms with Crippen molar-refractivity contribution in [2.24, 2.45) is 17.8 Å². The number of carbonyl (C=O) groups is 1. The lowest BCUT2D eigenvalue weighted by atomic mass is 9.95. The number of carbonyl (C=O) groups excluding carboxylic acids is 1. The predicted molar refractivity (Wildman–Crippen MR) is 101 cm³/mol. The molecule has 0 bridgehead atoms. The number of esters is 1. The Hall–Kier alpha value is -1.44. The van der Waals surface area contributed by atoms with Gasteiger partial charge < -0.3 is 9.84 Å². The topological polar surface area (TPSA) is 92.7 Å². The molecule has 1 rings (SSSR count). The Bertz CT molecular complexity index is 682. The van der Waals surface area contributed by atoms with E-state index in [0.29, 0.717) is 0 Å². The molecule has 0 heterocycles.